The molecule has 0 radical (unpaired) electrons. The second-order valence-electron chi connectivity index (χ2n) is 5.10. The number of carbonyl (C=O) groups excluding carboxylic acids is 1. The Bertz CT molecular complexity index is 620. The number of benzene rings is 2. The third kappa shape index (κ3) is 4.33. The van der Waals surface area contributed by atoms with Crippen LogP contribution in [0.25, 0.3) is 0 Å². The number of anilines is 1. The van der Waals surface area contributed by atoms with E-state index in [4.69, 9.17) is 4.74 Å². The Labute approximate surface area is 130 Å². The zero-order valence-corrected chi connectivity index (χ0v) is 12.9. The highest BCUT2D eigenvalue weighted by molar-refractivity contribution is 5.92. The standard InChI is InChI=1S/C18H21NO3/c1-3-14-8-10-15(11-9-14)22-12-18(21)19-17-7-5-4-6-16(17)13(2)20/h4-11,13,20H,3,12H2,1-2H3,(H,19,21). The minimum atomic E-state index is -0.640. The topological polar surface area (TPSA) is 58.6 Å². The number of hydrogen-bond donors (Lipinski definition) is 2. The van der Waals surface area contributed by atoms with Crippen LogP contribution >= 0.6 is 0 Å². The molecule has 2 rings (SSSR count). The first-order valence-corrected chi connectivity index (χ1v) is 7.38. The third-order valence-corrected chi connectivity index (χ3v) is 3.39. The molecule has 0 aliphatic heterocycles. The van der Waals surface area contributed by atoms with Crippen LogP contribution in [0.1, 0.15) is 31.1 Å². The van der Waals surface area contributed by atoms with Gasteiger partial charge < -0.3 is 15.2 Å². The second kappa shape index (κ2) is 7.61. The largest absolute Gasteiger partial charge is 0.484 e. The Morgan fingerprint density at radius 2 is 1.86 bits per heavy atom. The van der Waals surface area contributed by atoms with Crippen LogP contribution in [0.2, 0.25) is 0 Å². The van der Waals surface area contributed by atoms with Crippen molar-refractivity contribution in [3.05, 3.63) is 59.7 Å². The summed E-state index contributed by atoms with van der Waals surface area (Å²) in [6.45, 7) is 3.68. The Morgan fingerprint density at radius 1 is 1.18 bits per heavy atom. The summed E-state index contributed by atoms with van der Waals surface area (Å²) in [5, 5.41) is 12.5. The van der Waals surface area contributed by atoms with Crippen LogP contribution in [0.15, 0.2) is 48.5 Å². The maximum Gasteiger partial charge on any atom is 0.262 e. The fraction of sp³-hybridized carbons (Fsp3) is 0.278. The lowest BCUT2D eigenvalue weighted by Crippen LogP contribution is -2.21. The van der Waals surface area contributed by atoms with Gasteiger partial charge in [-0.15, -0.1) is 0 Å². The molecule has 0 fully saturated rings. The van der Waals surface area contributed by atoms with Gasteiger partial charge in [-0.3, -0.25) is 4.79 Å². The van der Waals surface area contributed by atoms with Gasteiger partial charge in [-0.05, 0) is 37.1 Å². The minimum Gasteiger partial charge on any atom is -0.484 e. The molecular formula is C18H21NO3. The maximum absolute atomic E-state index is 12.0. The minimum absolute atomic E-state index is 0.0698. The van der Waals surface area contributed by atoms with Crippen molar-refractivity contribution >= 4 is 11.6 Å². The molecule has 0 heterocycles. The Balaban J connectivity index is 1.93. The number of rotatable bonds is 6. The number of ether oxygens (including phenoxy) is 1. The highest BCUT2D eigenvalue weighted by Gasteiger charge is 2.10. The van der Waals surface area contributed by atoms with Crippen LogP contribution in [0.4, 0.5) is 5.69 Å². The fourth-order valence-electron chi connectivity index (χ4n) is 2.13. The Hall–Kier alpha value is -2.33. The molecule has 4 nitrogen and oxygen atoms in total. The van der Waals surface area contributed by atoms with Crippen LogP contribution in [0, 0.1) is 0 Å². The summed E-state index contributed by atoms with van der Waals surface area (Å²) in [6, 6.07) is 14.9. The smallest absolute Gasteiger partial charge is 0.262 e. The lowest BCUT2D eigenvalue weighted by molar-refractivity contribution is -0.118. The summed E-state index contributed by atoms with van der Waals surface area (Å²) in [5.41, 5.74) is 2.51. The first-order chi connectivity index (χ1) is 10.6. The summed E-state index contributed by atoms with van der Waals surface area (Å²) >= 11 is 0. The van der Waals surface area contributed by atoms with Crippen molar-refractivity contribution in [2.75, 3.05) is 11.9 Å². The van der Waals surface area contributed by atoms with Gasteiger partial charge in [-0.25, -0.2) is 0 Å². The number of amides is 1. The number of carbonyl (C=O) groups is 1. The molecule has 0 bridgehead atoms. The van der Waals surface area contributed by atoms with Crippen molar-refractivity contribution in [3.8, 4) is 5.75 Å². The van der Waals surface area contributed by atoms with E-state index in [1.54, 1.807) is 19.1 Å². The van der Waals surface area contributed by atoms with Crippen molar-refractivity contribution in [3.63, 3.8) is 0 Å². The Morgan fingerprint density at radius 3 is 2.50 bits per heavy atom. The normalized spacial score (nSPS) is 11.8. The average molecular weight is 299 g/mol. The van der Waals surface area contributed by atoms with Gasteiger partial charge in [0.2, 0.25) is 0 Å². The number of aliphatic hydroxyl groups is 1. The van der Waals surface area contributed by atoms with Gasteiger partial charge in [-0.2, -0.15) is 0 Å². The lowest BCUT2D eigenvalue weighted by atomic mass is 10.1. The van der Waals surface area contributed by atoms with Crippen molar-refractivity contribution in [2.24, 2.45) is 0 Å². The zero-order chi connectivity index (χ0) is 15.9. The molecule has 1 amide bonds. The van der Waals surface area contributed by atoms with Gasteiger partial charge in [0.25, 0.3) is 5.91 Å². The van der Waals surface area contributed by atoms with Crippen LogP contribution in [-0.4, -0.2) is 17.6 Å². The molecule has 0 aliphatic rings. The molecule has 0 spiro atoms. The lowest BCUT2D eigenvalue weighted by Gasteiger charge is -2.13. The molecule has 0 saturated carbocycles. The summed E-state index contributed by atoms with van der Waals surface area (Å²) in [7, 11) is 0. The highest BCUT2D eigenvalue weighted by Crippen LogP contribution is 2.22. The van der Waals surface area contributed by atoms with E-state index in [2.05, 4.69) is 12.2 Å². The maximum atomic E-state index is 12.0. The molecule has 1 unspecified atom stereocenters. The van der Waals surface area contributed by atoms with E-state index >= 15 is 0 Å². The van der Waals surface area contributed by atoms with E-state index in [1.807, 2.05) is 36.4 Å². The molecule has 22 heavy (non-hydrogen) atoms. The average Bonchev–Trinajstić information content (AvgIpc) is 2.53. The highest BCUT2D eigenvalue weighted by atomic mass is 16.5. The molecule has 4 heteroatoms. The predicted octanol–water partition coefficient (Wildman–Crippen LogP) is 3.32. The fourth-order valence-corrected chi connectivity index (χ4v) is 2.13. The molecule has 116 valence electrons. The molecule has 1 atom stereocenters. The quantitative estimate of drug-likeness (QED) is 0.860. The van der Waals surface area contributed by atoms with Crippen LogP contribution in [0.5, 0.6) is 5.75 Å². The second-order valence-corrected chi connectivity index (χ2v) is 5.10. The van der Waals surface area contributed by atoms with Crippen LogP contribution in [-0.2, 0) is 11.2 Å². The monoisotopic (exact) mass is 299 g/mol. The van der Waals surface area contributed by atoms with Crippen molar-refractivity contribution in [1.82, 2.24) is 0 Å². The molecular weight excluding hydrogens is 278 g/mol. The summed E-state index contributed by atoms with van der Waals surface area (Å²) in [6.07, 6.45) is 0.329. The Kier molecular flexibility index (Phi) is 5.55. The number of hydrogen-bond acceptors (Lipinski definition) is 3. The summed E-state index contributed by atoms with van der Waals surface area (Å²) < 4.78 is 5.47. The number of para-hydroxylation sites is 1. The first-order valence-electron chi connectivity index (χ1n) is 7.38. The molecule has 0 aromatic heterocycles. The van der Waals surface area contributed by atoms with Crippen molar-refractivity contribution < 1.29 is 14.6 Å². The molecule has 0 aliphatic carbocycles. The van der Waals surface area contributed by atoms with Crippen LogP contribution < -0.4 is 10.1 Å². The van der Waals surface area contributed by atoms with Gasteiger partial charge in [0, 0.05) is 11.3 Å². The first kappa shape index (κ1) is 16.0. The molecule has 2 aromatic rings. The molecule has 0 saturated heterocycles. The van der Waals surface area contributed by atoms with E-state index in [-0.39, 0.29) is 12.5 Å². The third-order valence-electron chi connectivity index (χ3n) is 3.39. The predicted molar refractivity (Wildman–Crippen MR) is 87.0 cm³/mol. The van der Waals surface area contributed by atoms with Crippen LogP contribution in [0.3, 0.4) is 0 Å². The number of aliphatic hydroxyl groups excluding tert-OH is 1. The SMILES string of the molecule is CCc1ccc(OCC(=O)Nc2ccccc2C(C)O)cc1. The van der Waals surface area contributed by atoms with Crippen molar-refractivity contribution in [1.29, 1.82) is 0 Å². The van der Waals surface area contributed by atoms with E-state index in [0.29, 0.717) is 17.0 Å². The van der Waals surface area contributed by atoms with Gasteiger partial charge in [0.15, 0.2) is 6.61 Å². The van der Waals surface area contributed by atoms with E-state index < -0.39 is 6.10 Å². The van der Waals surface area contributed by atoms with Gasteiger partial charge in [-0.1, -0.05) is 37.3 Å². The van der Waals surface area contributed by atoms with Crippen molar-refractivity contribution in [2.45, 2.75) is 26.4 Å². The van der Waals surface area contributed by atoms with Gasteiger partial charge >= 0.3 is 0 Å². The van der Waals surface area contributed by atoms with Gasteiger partial charge in [0.05, 0.1) is 6.10 Å². The molecule has 2 N–H and O–H groups in total. The zero-order valence-electron chi connectivity index (χ0n) is 12.9. The number of aryl methyl sites for hydroxylation is 1. The van der Waals surface area contributed by atoms with E-state index in [1.165, 1.54) is 5.56 Å². The summed E-state index contributed by atoms with van der Waals surface area (Å²) in [5.74, 6) is 0.406. The van der Waals surface area contributed by atoms with E-state index in [0.717, 1.165) is 6.42 Å². The van der Waals surface area contributed by atoms with Gasteiger partial charge in [0.1, 0.15) is 5.75 Å². The van der Waals surface area contributed by atoms with E-state index in [9.17, 15) is 9.90 Å². The number of nitrogens with one attached hydrogen (secondary N) is 1. The summed E-state index contributed by atoms with van der Waals surface area (Å²) in [4.78, 5) is 12.0. The molecule has 2 aromatic carbocycles.